The third-order valence-electron chi connectivity index (χ3n) is 6.33. The quantitative estimate of drug-likeness (QED) is 0.488. The van der Waals surface area contributed by atoms with Gasteiger partial charge in [0.2, 0.25) is 0 Å². The minimum absolute atomic E-state index is 0.611. The summed E-state index contributed by atoms with van der Waals surface area (Å²) in [5, 5.41) is 0. The normalized spacial score (nSPS) is 23.7. The summed E-state index contributed by atoms with van der Waals surface area (Å²) in [6.07, 6.45) is 20.7. The van der Waals surface area contributed by atoms with Crippen LogP contribution in [0.5, 0.6) is 0 Å². The van der Waals surface area contributed by atoms with E-state index in [1.807, 2.05) is 0 Å². The van der Waals surface area contributed by atoms with E-state index in [1.54, 1.807) is 0 Å². The Kier molecular flexibility index (Phi) is 9.69. The third kappa shape index (κ3) is 6.74. The first-order valence-corrected chi connectivity index (χ1v) is 10.1. The van der Waals surface area contributed by atoms with Crippen molar-refractivity contribution < 1.29 is 0 Å². The molecule has 1 fully saturated rings. The van der Waals surface area contributed by atoms with Crippen molar-refractivity contribution in [3.05, 3.63) is 0 Å². The van der Waals surface area contributed by atoms with E-state index in [-0.39, 0.29) is 0 Å². The molecule has 1 aliphatic carbocycles. The lowest BCUT2D eigenvalue weighted by Crippen LogP contribution is -2.33. The Morgan fingerprint density at radius 1 is 0.429 bits per heavy atom. The largest absolute Gasteiger partial charge is 0.0622 e. The van der Waals surface area contributed by atoms with Crippen LogP contribution in [0.4, 0.5) is 0 Å². The fourth-order valence-electron chi connectivity index (χ4n) is 4.62. The van der Waals surface area contributed by atoms with Crippen LogP contribution >= 0.6 is 0 Å². The van der Waals surface area contributed by atoms with Crippen molar-refractivity contribution in [3.63, 3.8) is 0 Å². The molecular weight excluding hydrogens is 252 g/mol. The highest BCUT2D eigenvalue weighted by molar-refractivity contribution is 4.85. The lowest BCUT2D eigenvalue weighted by molar-refractivity contribution is 0.0775. The molecule has 126 valence electrons. The summed E-state index contributed by atoms with van der Waals surface area (Å²) in [4.78, 5) is 0. The van der Waals surface area contributed by atoms with Gasteiger partial charge in [-0.05, 0) is 30.1 Å². The van der Waals surface area contributed by atoms with E-state index in [0.29, 0.717) is 5.41 Å². The molecule has 1 aliphatic rings. The van der Waals surface area contributed by atoms with Crippen LogP contribution in [-0.4, -0.2) is 0 Å². The van der Waals surface area contributed by atoms with Crippen molar-refractivity contribution >= 4 is 0 Å². The molecule has 0 spiro atoms. The third-order valence-corrected chi connectivity index (χ3v) is 6.33. The molecule has 0 N–H and O–H groups in total. The Morgan fingerprint density at radius 2 is 0.667 bits per heavy atom. The van der Waals surface area contributed by atoms with E-state index in [9.17, 15) is 0 Å². The van der Waals surface area contributed by atoms with Crippen LogP contribution in [0.15, 0.2) is 0 Å². The zero-order valence-electron chi connectivity index (χ0n) is 15.6. The molecule has 0 bridgehead atoms. The molecule has 0 saturated heterocycles. The lowest BCUT2D eigenvalue weighted by Gasteiger charge is -2.42. The standard InChI is InChI=1S/C21H42/c1-19(2)21(20(3)4)17-15-13-11-9-7-5-6-8-10-12-14-16-18-21/h19-20H,5-18H2,1-4H3. The van der Waals surface area contributed by atoms with Crippen LogP contribution in [0, 0.1) is 17.3 Å². The summed E-state index contributed by atoms with van der Waals surface area (Å²) in [6.45, 7) is 9.92. The van der Waals surface area contributed by atoms with Crippen molar-refractivity contribution in [1.82, 2.24) is 0 Å². The van der Waals surface area contributed by atoms with Crippen LogP contribution in [0.1, 0.15) is 118 Å². The molecule has 0 heterocycles. The van der Waals surface area contributed by atoms with Gasteiger partial charge in [-0.15, -0.1) is 0 Å². The molecule has 0 nitrogen and oxygen atoms in total. The summed E-state index contributed by atoms with van der Waals surface area (Å²) in [5.74, 6) is 1.68. The highest BCUT2D eigenvalue weighted by Gasteiger charge is 2.35. The molecule has 0 radical (unpaired) electrons. The van der Waals surface area contributed by atoms with Gasteiger partial charge in [-0.2, -0.15) is 0 Å². The van der Waals surface area contributed by atoms with E-state index < -0.39 is 0 Å². The van der Waals surface area contributed by atoms with Crippen molar-refractivity contribution in [3.8, 4) is 0 Å². The number of rotatable bonds is 2. The van der Waals surface area contributed by atoms with Gasteiger partial charge in [0, 0.05) is 0 Å². The predicted molar refractivity (Wildman–Crippen MR) is 96.7 cm³/mol. The summed E-state index contributed by atoms with van der Waals surface area (Å²) in [5.41, 5.74) is 0.611. The molecule has 0 atom stereocenters. The summed E-state index contributed by atoms with van der Waals surface area (Å²) in [7, 11) is 0. The highest BCUT2D eigenvalue weighted by atomic mass is 14.4. The van der Waals surface area contributed by atoms with Gasteiger partial charge in [0.15, 0.2) is 0 Å². The molecule has 0 aliphatic heterocycles. The molecule has 21 heavy (non-hydrogen) atoms. The summed E-state index contributed by atoms with van der Waals surface area (Å²) in [6, 6.07) is 0. The Balaban J connectivity index is 2.58. The first kappa shape index (κ1) is 19.0. The number of hydrogen-bond donors (Lipinski definition) is 0. The predicted octanol–water partition coefficient (Wildman–Crippen LogP) is 7.76. The van der Waals surface area contributed by atoms with Gasteiger partial charge in [0.1, 0.15) is 0 Å². The highest BCUT2D eigenvalue weighted by Crippen LogP contribution is 2.45. The van der Waals surface area contributed by atoms with Gasteiger partial charge in [-0.3, -0.25) is 0 Å². The lowest BCUT2D eigenvalue weighted by atomic mass is 9.63. The van der Waals surface area contributed by atoms with E-state index in [0.717, 1.165) is 11.8 Å². The molecular formula is C21H42. The van der Waals surface area contributed by atoms with Crippen LogP contribution in [0.2, 0.25) is 0 Å². The van der Waals surface area contributed by atoms with Gasteiger partial charge >= 0.3 is 0 Å². The van der Waals surface area contributed by atoms with Crippen LogP contribution in [0.25, 0.3) is 0 Å². The maximum atomic E-state index is 2.48. The average molecular weight is 295 g/mol. The van der Waals surface area contributed by atoms with Crippen molar-refractivity contribution in [2.24, 2.45) is 17.3 Å². The van der Waals surface area contributed by atoms with E-state index in [2.05, 4.69) is 27.7 Å². The van der Waals surface area contributed by atoms with Crippen molar-refractivity contribution in [2.75, 3.05) is 0 Å². The fourth-order valence-corrected chi connectivity index (χ4v) is 4.62. The summed E-state index contributed by atoms with van der Waals surface area (Å²) < 4.78 is 0. The van der Waals surface area contributed by atoms with Crippen LogP contribution in [0.3, 0.4) is 0 Å². The van der Waals surface area contributed by atoms with E-state index in [4.69, 9.17) is 0 Å². The minimum Gasteiger partial charge on any atom is -0.0622 e. The second kappa shape index (κ2) is 10.7. The molecule has 0 aromatic carbocycles. The first-order valence-electron chi connectivity index (χ1n) is 10.1. The van der Waals surface area contributed by atoms with Crippen LogP contribution in [-0.2, 0) is 0 Å². The first-order chi connectivity index (χ1) is 10.1. The van der Waals surface area contributed by atoms with Gasteiger partial charge in [0.05, 0.1) is 0 Å². The topological polar surface area (TPSA) is 0 Å². The zero-order chi connectivity index (χ0) is 15.6. The molecule has 0 aromatic rings. The SMILES string of the molecule is CC(C)C1(C(C)C)CCCCCCCCCCCCCC1. The minimum atomic E-state index is 0.611. The maximum Gasteiger partial charge on any atom is -0.0251 e. The average Bonchev–Trinajstić information content (AvgIpc) is 2.44. The molecule has 1 rings (SSSR count). The zero-order valence-corrected chi connectivity index (χ0v) is 15.6. The molecule has 0 amide bonds. The van der Waals surface area contributed by atoms with E-state index in [1.165, 1.54) is 89.9 Å². The molecule has 0 aromatic heterocycles. The fraction of sp³-hybridized carbons (Fsp3) is 1.00. The monoisotopic (exact) mass is 294 g/mol. The Labute approximate surface area is 135 Å². The van der Waals surface area contributed by atoms with Crippen molar-refractivity contribution in [2.45, 2.75) is 118 Å². The molecule has 0 unspecified atom stereocenters. The van der Waals surface area contributed by atoms with Crippen molar-refractivity contribution in [1.29, 1.82) is 0 Å². The summed E-state index contributed by atoms with van der Waals surface area (Å²) >= 11 is 0. The Morgan fingerprint density at radius 3 is 0.905 bits per heavy atom. The van der Waals surface area contributed by atoms with Crippen LogP contribution < -0.4 is 0 Å². The number of hydrogen-bond acceptors (Lipinski definition) is 0. The second-order valence-corrected chi connectivity index (χ2v) is 8.29. The van der Waals surface area contributed by atoms with Gasteiger partial charge in [0.25, 0.3) is 0 Å². The second-order valence-electron chi connectivity index (χ2n) is 8.29. The molecule has 0 heteroatoms. The smallest absolute Gasteiger partial charge is 0.0251 e. The van der Waals surface area contributed by atoms with Gasteiger partial charge < -0.3 is 0 Å². The Bertz CT molecular complexity index is 212. The molecule has 1 saturated carbocycles. The Hall–Kier alpha value is 0. The van der Waals surface area contributed by atoms with E-state index >= 15 is 0 Å². The van der Waals surface area contributed by atoms with Gasteiger partial charge in [-0.25, -0.2) is 0 Å². The van der Waals surface area contributed by atoms with Gasteiger partial charge in [-0.1, -0.05) is 105 Å². The maximum absolute atomic E-state index is 2.48.